The van der Waals surface area contributed by atoms with Crippen molar-refractivity contribution in [2.24, 2.45) is 0 Å². The van der Waals surface area contributed by atoms with Gasteiger partial charge in [0.2, 0.25) is 6.79 Å². The summed E-state index contributed by atoms with van der Waals surface area (Å²) in [5, 5.41) is 2.85. The minimum absolute atomic E-state index is 0.195. The molecule has 0 atom stereocenters. The summed E-state index contributed by atoms with van der Waals surface area (Å²) in [7, 11) is 0. The number of carbonyl (C=O) groups excluding carboxylic acids is 1. The first-order chi connectivity index (χ1) is 11.3. The zero-order chi connectivity index (χ0) is 15.6. The molecule has 1 amide bonds. The van der Waals surface area contributed by atoms with E-state index in [0.717, 1.165) is 18.9 Å². The minimum atomic E-state index is -0.195. The van der Waals surface area contributed by atoms with E-state index in [-0.39, 0.29) is 12.7 Å². The molecule has 2 aliphatic heterocycles. The Morgan fingerprint density at radius 1 is 1.09 bits per heavy atom. The summed E-state index contributed by atoms with van der Waals surface area (Å²) in [5.74, 6) is 2.03. The molecule has 1 aromatic carbocycles. The molecule has 1 saturated heterocycles. The smallest absolute Gasteiger partial charge is 0.255 e. The number of hydrogen-bond donors (Lipinski definition) is 1. The quantitative estimate of drug-likeness (QED) is 0.944. The number of anilines is 2. The van der Waals surface area contributed by atoms with Crippen LogP contribution >= 0.6 is 0 Å². The van der Waals surface area contributed by atoms with Crippen molar-refractivity contribution in [2.45, 2.75) is 12.8 Å². The predicted octanol–water partition coefficient (Wildman–Crippen LogP) is 2.66. The zero-order valence-corrected chi connectivity index (χ0v) is 12.6. The maximum absolute atomic E-state index is 12.3. The van der Waals surface area contributed by atoms with Gasteiger partial charge >= 0.3 is 0 Å². The van der Waals surface area contributed by atoms with Gasteiger partial charge in [-0.15, -0.1) is 0 Å². The van der Waals surface area contributed by atoms with Crippen molar-refractivity contribution in [1.29, 1.82) is 0 Å². The van der Waals surface area contributed by atoms with Crippen LogP contribution in [0.5, 0.6) is 11.5 Å². The van der Waals surface area contributed by atoms with E-state index in [9.17, 15) is 4.79 Å². The number of amides is 1. The molecule has 2 aliphatic rings. The maximum atomic E-state index is 12.3. The number of ether oxygens (including phenoxy) is 2. The topological polar surface area (TPSA) is 63.7 Å². The highest BCUT2D eigenvalue weighted by atomic mass is 16.7. The van der Waals surface area contributed by atoms with Crippen LogP contribution in [0.1, 0.15) is 23.2 Å². The molecule has 0 saturated carbocycles. The van der Waals surface area contributed by atoms with Crippen LogP contribution in [0.2, 0.25) is 0 Å². The summed E-state index contributed by atoms with van der Waals surface area (Å²) >= 11 is 0. The largest absolute Gasteiger partial charge is 0.454 e. The third-order valence-electron chi connectivity index (χ3n) is 4.07. The van der Waals surface area contributed by atoms with E-state index in [0.29, 0.717) is 22.7 Å². The van der Waals surface area contributed by atoms with E-state index in [1.54, 1.807) is 24.4 Å². The summed E-state index contributed by atoms with van der Waals surface area (Å²) in [6, 6.07) is 8.97. The minimum Gasteiger partial charge on any atom is -0.454 e. The van der Waals surface area contributed by atoms with Crippen LogP contribution in [0.25, 0.3) is 0 Å². The van der Waals surface area contributed by atoms with Gasteiger partial charge in [0, 0.05) is 18.7 Å². The van der Waals surface area contributed by atoms with Crippen molar-refractivity contribution >= 4 is 17.4 Å². The Morgan fingerprint density at radius 2 is 1.91 bits per heavy atom. The van der Waals surface area contributed by atoms with Crippen molar-refractivity contribution < 1.29 is 14.3 Å². The highest BCUT2D eigenvalue weighted by Crippen LogP contribution is 2.32. The molecule has 0 radical (unpaired) electrons. The lowest BCUT2D eigenvalue weighted by atomic mass is 10.2. The molecule has 6 heteroatoms. The van der Waals surface area contributed by atoms with Gasteiger partial charge in [-0.25, -0.2) is 4.98 Å². The molecule has 2 aromatic rings. The SMILES string of the molecule is O=C(Nc1ccc(N2CCCC2)nc1)c1ccc2c(c1)OCO2. The molecule has 4 rings (SSSR count). The van der Waals surface area contributed by atoms with Gasteiger partial charge in [0.05, 0.1) is 11.9 Å². The number of nitrogens with one attached hydrogen (secondary N) is 1. The Balaban J connectivity index is 1.46. The van der Waals surface area contributed by atoms with Gasteiger partial charge < -0.3 is 19.7 Å². The summed E-state index contributed by atoms with van der Waals surface area (Å²) in [5.41, 5.74) is 1.20. The van der Waals surface area contributed by atoms with E-state index >= 15 is 0 Å². The van der Waals surface area contributed by atoms with Crippen LogP contribution < -0.4 is 19.7 Å². The third-order valence-corrected chi connectivity index (χ3v) is 4.07. The third kappa shape index (κ3) is 2.79. The molecule has 3 heterocycles. The Labute approximate surface area is 134 Å². The molecular weight excluding hydrogens is 294 g/mol. The van der Waals surface area contributed by atoms with Crippen LogP contribution in [-0.4, -0.2) is 30.8 Å². The number of rotatable bonds is 3. The van der Waals surface area contributed by atoms with Gasteiger partial charge in [-0.2, -0.15) is 0 Å². The molecule has 0 bridgehead atoms. The number of hydrogen-bond acceptors (Lipinski definition) is 5. The lowest BCUT2D eigenvalue weighted by molar-refractivity contribution is 0.102. The molecule has 1 aromatic heterocycles. The predicted molar refractivity (Wildman–Crippen MR) is 86.2 cm³/mol. The highest BCUT2D eigenvalue weighted by Gasteiger charge is 2.17. The first kappa shape index (κ1) is 13.9. The van der Waals surface area contributed by atoms with Crippen molar-refractivity contribution in [3.63, 3.8) is 0 Å². The Hall–Kier alpha value is -2.76. The fourth-order valence-electron chi connectivity index (χ4n) is 2.83. The van der Waals surface area contributed by atoms with E-state index in [2.05, 4.69) is 15.2 Å². The zero-order valence-electron chi connectivity index (χ0n) is 12.6. The maximum Gasteiger partial charge on any atom is 0.255 e. The first-order valence-corrected chi connectivity index (χ1v) is 7.71. The Kier molecular flexibility index (Phi) is 3.49. The molecule has 23 heavy (non-hydrogen) atoms. The van der Waals surface area contributed by atoms with Crippen molar-refractivity contribution in [1.82, 2.24) is 4.98 Å². The number of carbonyl (C=O) groups is 1. The first-order valence-electron chi connectivity index (χ1n) is 7.71. The number of nitrogens with zero attached hydrogens (tertiary/aromatic N) is 2. The molecule has 0 spiro atoms. The van der Waals surface area contributed by atoms with Crippen molar-refractivity contribution in [3.05, 3.63) is 42.1 Å². The molecule has 0 aliphatic carbocycles. The number of fused-ring (bicyclic) bond motifs is 1. The van der Waals surface area contributed by atoms with Gasteiger partial charge in [0.15, 0.2) is 11.5 Å². The number of pyridine rings is 1. The molecule has 1 N–H and O–H groups in total. The standard InChI is InChI=1S/C17H17N3O3/c21-17(12-3-5-14-15(9-12)23-11-22-14)19-13-4-6-16(18-10-13)20-7-1-2-8-20/h3-6,9-10H,1-2,7-8,11H2,(H,19,21). The molecule has 6 nitrogen and oxygen atoms in total. The van der Waals surface area contributed by atoms with Crippen LogP contribution in [0.3, 0.4) is 0 Å². The summed E-state index contributed by atoms with van der Waals surface area (Å²) < 4.78 is 10.5. The number of aromatic nitrogens is 1. The van der Waals surface area contributed by atoms with E-state index in [4.69, 9.17) is 9.47 Å². The normalized spacial score (nSPS) is 15.7. The fourth-order valence-corrected chi connectivity index (χ4v) is 2.83. The lowest BCUT2D eigenvalue weighted by Gasteiger charge is -2.16. The van der Waals surface area contributed by atoms with Gasteiger partial charge in [-0.1, -0.05) is 0 Å². The van der Waals surface area contributed by atoms with E-state index < -0.39 is 0 Å². The van der Waals surface area contributed by atoms with Gasteiger partial charge in [-0.05, 0) is 43.2 Å². The van der Waals surface area contributed by atoms with Crippen LogP contribution in [0.4, 0.5) is 11.5 Å². The fraction of sp³-hybridized carbons (Fsp3) is 0.294. The highest BCUT2D eigenvalue weighted by molar-refractivity contribution is 6.04. The van der Waals surface area contributed by atoms with Gasteiger partial charge in [0.25, 0.3) is 5.91 Å². The second-order valence-electron chi connectivity index (χ2n) is 5.62. The second kappa shape index (κ2) is 5.79. The summed E-state index contributed by atoms with van der Waals surface area (Å²) in [6.45, 7) is 2.30. The van der Waals surface area contributed by atoms with Crippen LogP contribution in [0, 0.1) is 0 Å². The van der Waals surface area contributed by atoms with Crippen molar-refractivity contribution in [3.8, 4) is 11.5 Å². The van der Waals surface area contributed by atoms with Gasteiger partial charge in [-0.3, -0.25) is 4.79 Å². The van der Waals surface area contributed by atoms with E-state index in [1.807, 2.05) is 12.1 Å². The molecule has 1 fully saturated rings. The van der Waals surface area contributed by atoms with E-state index in [1.165, 1.54) is 12.8 Å². The van der Waals surface area contributed by atoms with Gasteiger partial charge in [0.1, 0.15) is 5.82 Å². The average Bonchev–Trinajstić information content (AvgIpc) is 3.26. The summed E-state index contributed by atoms with van der Waals surface area (Å²) in [6.07, 6.45) is 4.12. The molecule has 0 unspecified atom stereocenters. The monoisotopic (exact) mass is 311 g/mol. The van der Waals surface area contributed by atoms with Crippen LogP contribution in [-0.2, 0) is 0 Å². The second-order valence-corrected chi connectivity index (χ2v) is 5.62. The summed E-state index contributed by atoms with van der Waals surface area (Å²) in [4.78, 5) is 19.0. The van der Waals surface area contributed by atoms with Crippen molar-refractivity contribution in [2.75, 3.05) is 30.1 Å². The molecule has 118 valence electrons. The molecular formula is C17H17N3O3. The van der Waals surface area contributed by atoms with Crippen LogP contribution in [0.15, 0.2) is 36.5 Å². The Morgan fingerprint density at radius 3 is 2.70 bits per heavy atom. The number of benzene rings is 1. The average molecular weight is 311 g/mol. The Bertz CT molecular complexity index is 724. The lowest BCUT2D eigenvalue weighted by Crippen LogP contribution is -2.19.